The van der Waals surface area contributed by atoms with Crippen molar-refractivity contribution in [1.29, 1.82) is 0 Å². The van der Waals surface area contributed by atoms with E-state index in [1.54, 1.807) is 13.0 Å². The van der Waals surface area contributed by atoms with Gasteiger partial charge in [-0.15, -0.1) is 11.3 Å². The second-order valence-electron chi connectivity index (χ2n) is 4.84. The lowest BCUT2D eigenvalue weighted by Crippen LogP contribution is -2.30. The van der Waals surface area contributed by atoms with Crippen LogP contribution in [0.4, 0.5) is 0 Å². The molecule has 0 fully saturated rings. The second kappa shape index (κ2) is 9.12. The van der Waals surface area contributed by atoms with Crippen molar-refractivity contribution in [1.82, 2.24) is 10.6 Å². The topological polar surface area (TPSA) is 95.5 Å². The fourth-order valence-corrected chi connectivity index (χ4v) is 2.33. The number of carboxylic acid groups (broad SMARTS) is 1. The molecule has 1 unspecified atom stereocenters. The van der Waals surface area contributed by atoms with E-state index in [0.29, 0.717) is 30.8 Å². The molecule has 0 aliphatic rings. The number of hydrogen-bond donors (Lipinski definition) is 3. The second-order valence-corrected chi connectivity index (χ2v) is 5.79. The molecule has 1 aromatic heterocycles. The predicted octanol–water partition coefficient (Wildman–Crippen LogP) is 1.49. The van der Waals surface area contributed by atoms with Crippen molar-refractivity contribution in [3.63, 3.8) is 0 Å². The minimum atomic E-state index is -0.868. The molecule has 1 aromatic rings. The first-order chi connectivity index (χ1) is 9.99. The van der Waals surface area contributed by atoms with Gasteiger partial charge in [0.15, 0.2) is 0 Å². The molecule has 1 rings (SSSR count). The summed E-state index contributed by atoms with van der Waals surface area (Å²) in [6.07, 6.45) is 0.901. The summed E-state index contributed by atoms with van der Waals surface area (Å²) in [6.45, 7) is 2.57. The molecule has 0 saturated carbocycles. The fourth-order valence-electron chi connectivity index (χ4n) is 1.69. The van der Waals surface area contributed by atoms with Gasteiger partial charge in [0.2, 0.25) is 5.91 Å². The van der Waals surface area contributed by atoms with Crippen LogP contribution in [0.1, 0.15) is 35.9 Å². The fraction of sp³-hybridized carbons (Fsp3) is 0.500. The molecule has 1 heterocycles. The van der Waals surface area contributed by atoms with E-state index < -0.39 is 5.97 Å². The standard InChI is InChI=1S/C14H20N2O4S/c1-10(8-13(18)19)9-16-12(17)5-2-6-15-14(20)11-4-3-7-21-11/h3-4,7,10H,2,5-6,8-9H2,1H3,(H,15,20)(H,16,17)(H,18,19). The number of thiophene rings is 1. The number of carboxylic acids is 1. The lowest BCUT2D eigenvalue weighted by Gasteiger charge is -2.10. The smallest absolute Gasteiger partial charge is 0.303 e. The zero-order valence-electron chi connectivity index (χ0n) is 11.9. The van der Waals surface area contributed by atoms with Crippen molar-refractivity contribution in [3.8, 4) is 0 Å². The SMILES string of the molecule is CC(CNC(=O)CCCNC(=O)c1cccs1)CC(=O)O. The lowest BCUT2D eigenvalue weighted by atomic mass is 10.1. The van der Waals surface area contributed by atoms with E-state index in [9.17, 15) is 14.4 Å². The molecular weight excluding hydrogens is 292 g/mol. The normalized spacial score (nSPS) is 11.7. The molecule has 0 aliphatic carbocycles. The highest BCUT2D eigenvalue weighted by molar-refractivity contribution is 7.12. The van der Waals surface area contributed by atoms with Crippen LogP contribution in [0, 0.1) is 5.92 Å². The monoisotopic (exact) mass is 312 g/mol. The van der Waals surface area contributed by atoms with Gasteiger partial charge in [0, 0.05) is 25.9 Å². The van der Waals surface area contributed by atoms with Crippen molar-refractivity contribution in [2.24, 2.45) is 5.92 Å². The Labute approximate surface area is 127 Å². The predicted molar refractivity (Wildman–Crippen MR) is 80.3 cm³/mol. The number of amides is 2. The summed E-state index contributed by atoms with van der Waals surface area (Å²) in [6, 6.07) is 3.56. The Hall–Kier alpha value is -1.89. The highest BCUT2D eigenvalue weighted by Gasteiger charge is 2.10. The summed E-state index contributed by atoms with van der Waals surface area (Å²) < 4.78 is 0. The molecule has 0 aliphatic heterocycles. The summed E-state index contributed by atoms with van der Waals surface area (Å²) in [5, 5.41) is 15.9. The highest BCUT2D eigenvalue weighted by atomic mass is 32.1. The summed E-state index contributed by atoms with van der Waals surface area (Å²) in [7, 11) is 0. The van der Waals surface area contributed by atoms with Crippen molar-refractivity contribution in [3.05, 3.63) is 22.4 Å². The molecule has 6 nitrogen and oxygen atoms in total. The summed E-state index contributed by atoms with van der Waals surface area (Å²) in [5.41, 5.74) is 0. The average molecular weight is 312 g/mol. The van der Waals surface area contributed by atoms with E-state index in [4.69, 9.17) is 5.11 Å². The molecule has 0 aromatic carbocycles. The quantitative estimate of drug-likeness (QED) is 0.602. The van der Waals surface area contributed by atoms with E-state index in [1.165, 1.54) is 11.3 Å². The van der Waals surface area contributed by atoms with Crippen LogP contribution in [0.5, 0.6) is 0 Å². The third kappa shape index (κ3) is 7.45. The first-order valence-corrected chi connectivity index (χ1v) is 7.67. The molecule has 2 amide bonds. The van der Waals surface area contributed by atoms with Crippen molar-refractivity contribution < 1.29 is 19.5 Å². The van der Waals surface area contributed by atoms with Crippen LogP contribution >= 0.6 is 11.3 Å². The van der Waals surface area contributed by atoms with Gasteiger partial charge < -0.3 is 15.7 Å². The van der Waals surface area contributed by atoms with Gasteiger partial charge in [0.05, 0.1) is 4.88 Å². The number of aliphatic carboxylic acids is 1. The van der Waals surface area contributed by atoms with Crippen LogP contribution in [-0.2, 0) is 9.59 Å². The van der Waals surface area contributed by atoms with Crippen LogP contribution in [0.15, 0.2) is 17.5 Å². The van der Waals surface area contributed by atoms with E-state index in [-0.39, 0.29) is 24.2 Å². The average Bonchev–Trinajstić information content (AvgIpc) is 2.94. The largest absolute Gasteiger partial charge is 0.481 e. The van der Waals surface area contributed by atoms with E-state index in [2.05, 4.69) is 10.6 Å². The number of carbonyl (C=O) groups is 3. The maximum Gasteiger partial charge on any atom is 0.303 e. The first kappa shape index (κ1) is 17.2. The number of rotatable bonds is 9. The number of nitrogens with one attached hydrogen (secondary N) is 2. The van der Waals surface area contributed by atoms with Gasteiger partial charge in [0.1, 0.15) is 0 Å². The Bertz CT molecular complexity index is 473. The minimum absolute atomic E-state index is 0.0388. The van der Waals surface area contributed by atoms with Crippen molar-refractivity contribution in [2.75, 3.05) is 13.1 Å². The zero-order valence-corrected chi connectivity index (χ0v) is 12.7. The Morgan fingerprint density at radius 2 is 2.10 bits per heavy atom. The summed E-state index contributed by atoms with van der Waals surface area (Å²) in [5.74, 6) is -1.21. The molecule has 0 spiro atoms. The van der Waals surface area contributed by atoms with Gasteiger partial charge in [-0.05, 0) is 23.8 Å². The third-order valence-corrected chi connectivity index (χ3v) is 3.65. The molecule has 3 N–H and O–H groups in total. The first-order valence-electron chi connectivity index (χ1n) is 6.79. The van der Waals surface area contributed by atoms with Gasteiger partial charge in [-0.1, -0.05) is 13.0 Å². The zero-order chi connectivity index (χ0) is 15.7. The Kier molecular flexibility index (Phi) is 7.45. The Balaban J connectivity index is 2.08. The van der Waals surface area contributed by atoms with Crippen LogP contribution < -0.4 is 10.6 Å². The minimum Gasteiger partial charge on any atom is -0.481 e. The number of hydrogen-bond acceptors (Lipinski definition) is 4. The van der Waals surface area contributed by atoms with Crippen LogP contribution in [0.25, 0.3) is 0 Å². The van der Waals surface area contributed by atoms with Gasteiger partial charge in [0.25, 0.3) is 5.91 Å². The molecule has 21 heavy (non-hydrogen) atoms. The van der Waals surface area contributed by atoms with Crippen LogP contribution in [-0.4, -0.2) is 36.0 Å². The van der Waals surface area contributed by atoms with Crippen molar-refractivity contribution in [2.45, 2.75) is 26.2 Å². The number of carbonyl (C=O) groups excluding carboxylic acids is 2. The van der Waals surface area contributed by atoms with E-state index >= 15 is 0 Å². The van der Waals surface area contributed by atoms with Crippen molar-refractivity contribution >= 4 is 29.1 Å². The maximum absolute atomic E-state index is 11.6. The Morgan fingerprint density at radius 1 is 1.33 bits per heavy atom. The van der Waals surface area contributed by atoms with Gasteiger partial charge in [-0.2, -0.15) is 0 Å². The molecule has 116 valence electrons. The lowest BCUT2D eigenvalue weighted by molar-refractivity contribution is -0.138. The molecule has 0 bridgehead atoms. The summed E-state index contributed by atoms with van der Waals surface area (Å²) >= 11 is 1.37. The molecule has 0 radical (unpaired) electrons. The van der Waals surface area contributed by atoms with Crippen LogP contribution in [0.2, 0.25) is 0 Å². The van der Waals surface area contributed by atoms with Gasteiger partial charge in [-0.25, -0.2) is 0 Å². The Morgan fingerprint density at radius 3 is 2.71 bits per heavy atom. The van der Waals surface area contributed by atoms with Crippen LogP contribution in [0.3, 0.4) is 0 Å². The van der Waals surface area contributed by atoms with E-state index in [1.807, 2.05) is 11.4 Å². The van der Waals surface area contributed by atoms with Gasteiger partial charge in [-0.3, -0.25) is 14.4 Å². The molecule has 0 saturated heterocycles. The third-order valence-electron chi connectivity index (χ3n) is 2.78. The van der Waals surface area contributed by atoms with E-state index in [0.717, 1.165) is 0 Å². The highest BCUT2D eigenvalue weighted by Crippen LogP contribution is 2.07. The molecule has 1 atom stereocenters. The maximum atomic E-state index is 11.6. The van der Waals surface area contributed by atoms with Gasteiger partial charge >= 0.3 is 5.97 Å². The molecule has 7 heteroatoms. The summed E-state index contributed by atoms with van der Waals surface area (Å²) in [4.78, 5) is 34.3. The molecular formula is C14H20N2O4S.